The summed E-state index contributed by atoms with van der Waals surface area (Å²) in [5.41, 5.74) is -0.332. The number of fused-ring (bicyclic) bond motifs is 1. The van der Waals surface area contributed by atoms with E-state index >= 15 is 0 Å². The van der Waals surface area contributed by atoms with Crippen molar-refractivity contribution in [1.29, 1.82) is 0 Å². The fraction of sp³-hybridized carbons (Fsp3) is 0.133. The maximum absolute atomic E-state index is 12.7. The van der Waals surface area contributed by atoms with Gasteiger partial charge in [-0.05, 0) is 19.1 Å². The van der Waals surface area contributed by atoms with Crippen LogP contribution >= 0.6 is 0 Å². The van der Waals surface area contributed by atoms with E-state index in [0.29, 0.717) is 10.4 Å². The van der Waals surface area contributed by atoms with Gasteiger partial charge in [0.25, 0.3) is 12.6 Å². The van der Waals surface area contributed by atoms with E-state index < -0.39 is 27.6 Å². The van der Waals surface area contributed by atoms with Crippen LogP contribution in [0.1, 0.15) is 15.9 Å². The largest absolute Gasteiger partial charge is 0.595 e. The number of aryl methyl sites for hydroxylation is 1. The zero-order valence-electron chi connectivity index (χ0n) is 13.6. The lowest BCUT2D eigenvalue weighted by molar-refractivity contribution is -0.996. The number of hydrogen-bond acceptors (Lipinski definition) is 7. The van der Waals surface area contributed by atoms with Crippen molar-refractivity contribution in [3.63, 3.8) is 0 Å². The summed E-state index contributed by atoms with van der Waals surface area (Å²) < 4.78 is 0.359. The first-order chi connectivity index (χ1) is 12.3. The minimum atomic E-state index is -1.51. The number of nitroso groups, excluding NO2 is 1. The Bertz CT molecular complexity index is 881. The highest BCUT2D eigenvalue weighted by Gasteiger charge is 2.42. The standard InChI is InChI=1S/C15H15N5O6/c1-8-2-4-9(5-3-8)17-15(21)12-10(19(23)24)6-11(20(25)26)13-14(12)18(22)7-16-13/h2-6,19-20,23,25H,7H2,1H3,(H-,16,17,21,22)/p+1. The lowest BCUT2D eigenvalue weighted by Crippen LogP contribution is -3.01. The molecule has 11 heteroatoms. The van der Waals surface area contributed by atoms with E-state index in [-0.39, 0.29) is 23.7 Å². The smallest absolute Gasteiger partial charge is 0.306 e. The summed E-state index contributed by atoms with van der Waals surface area (Å²) in [6.45, 7) is 1.58. The summed E-state index contributed by atoms with van der Waals surface area (Å²) in [6, 6.07) is 7.65. The molecule has 0 fully saturated rings. The predicted molar refractivity (Wildman–Crippen MR) is 88.9 cm³/mol. The van der Waals surface area contributed by atoms with E-state index in [4.69, 9.17) is 0 Å². The fourth-order valence-corrected chi connectivity index (χ4v) is 2.72. The van der Waals surface area contributed by atoms with Crippen molar-refractivity contribution in [3.8, 4) is 0 Å². The van der Waals surface area contributed by atoms with Crippen LogP contribution in [0.25, 0.3) is 0 Å². The Balaban J connectivity index is 2.13. The lowest BCUT2D eigenvalue weighted by Gasteiger charge is -2.19. The lowest BCUT2D eigenvalue weighted by atomic mass is 10.1. The van der Waals surface area contributed by atoms with Crippen molar-refractivity contribution in [3.05, 3.63) is 56.8 Å². The molecule has 2 aromatic carbocycles. The molecule has 1 amide bonds. The fourth-order valence-electron chi connectivity index (χ4n) is 2.72. The number of rotatable bonds is 4. The molecule has 1 aliphatic heterocycles. The molecule has 1 heterocycles. The second-order valence-electron chi connectivity index (χ2n) is 5.71. The average Bonchev–Trinajstić information content (AvgIpc) is 2.97. The van der Waals surface area contributed by atoms with Crippen LogP contribution in [0.4, 0.5) is 28.4 Å². The van der Waals surface area contributed by atoms with Gasteiger partial charge < -0.3 is 21.0 Å². The van der Waals surface area contributed by atoms with Crippen LogP contribution in [0.2, 0.25) is 0 Å². The first-order valence-corrected chi connectivity index (χ1v) is 7.53. The van der Waals surface area contributed by atoms with Crippen LogP contribution in [0.3, 0.4) is 0 Å². The molecule has 3 rings (SSSR count). The van der Waals surface area contributed by atoms with Crippen LogP contribution in [-0.2, 0) is 0 Å². The Morgan fingerprint density at radius 2 is 1.81 bits per heavy atom. The number of carbonyl (C=O) groups excluding carboxylic acids is 1. The van der Waals surface area contributed by atoms with E-state index in [0.717, 1.165) is 11.6 Å². The summed E-state index contributed by atoms with van der Waals surface area (Å²) in [4.78, 5) is 24.8. The Morgan fingerprint density at radius 3 is 2.38 bits per heavy atom. The van der Waals surface area contributed by atoms with Gasteiger partial charge in [-0.25, -0.2) is 10.4 Å². The molecule has 26 heavy (non-hydrogen) atoms. The third-order valence-corrected chi connectivity index (χ3v) is 3.95. The zero-order chi connectivity index (χ0) is 19.0. The molecule has 0 aromatic heterocycles. The molecule has 0 radical (unpaired) electrons. The van der Waals surface area contributed by atoms with Crippen molar-refractivity contribution >= 4 is 34.3 Å². The molecular formula is C15H16N5O6+. The van der Waals surface area contributed by atoms with Crippen molar-refractivity contribution in [2.75, 3.05) is 17.3 Å². The van der Waals surface area contributed by atoms with Crippen molar-refractivity contribution in [2.45, 2.75) is 6.92 Å². The van der Waals surface area contributed by atoms with Crippen LogP contribution in [0.5, 0.6) is 0 Å². The normalized spacial score (nSPS) is 15.2. The third kappa shape index (κ3) is 3.13. The maximum Gasteiger partial charge on any atom is 0.306 e. The summed E-state index contributed by atoms with van der Waals surface area (Å²) in [7, 11) is 0. The van der Waals surface area contributed by atoms with Crippen molar-refractivity contribution in [1.82, 2.24) is 0 Å². The molecule has 11 nitrogen and oxygen atoms in total. The number of benzene rings is 2. The number of carbonyl (C=O) groups is 1. The molecule has 136 valence electrons. The molecule has 1 aliphatic rings. The minimum Gasteiger partial charge on any atom is -0.595 e. The number of quaternary nitrogens is 2. The molecule has 2 unspecified atom stereocenters. The monoisotopic (exact) mass is 362 g/mol. The Labute approximate surface area is 146 Å². The van der Waals surface area contributed by atoms with Crippen LogP contribution in [-0.4, -0.2) is 27.8 Å². The Morgan fingerprint density at radius 1 is 1.19 bits per heavy atom. The van der Waals surface area contributed by atoms with Crippen LogP contribution in [0, 0.1) is 22.2 Å². The SMILES string of the molecule is Cc1ccc(NC(=O)c2c([NH+]([O-])O)cc([NH+]([O-])O)c3c2[N+](=O)CN3)cc1. The predicted octanol–water partition coefficient (Wildman–Crippen LogP) is -0.152. The molecule has 0 aliphatic carbocycles. The summed E-state index contributed by atoms with van der Waals surface area (Å²) in [5.74, 6) is -0.816. The van der Waals surface area contributed by atoms with Crippen molar-refractivity contribution in [2.24, 2.45) is 0 Å². The average molecular weight is 362 g/mol. The van der Waals surface area contributed by atoms with Gasteiger partial charge in [0.15, 0.2) is 16.9 Å². The first-order valence-electron chi connectivity index (χ1n) is 7.53. The molecule has 0 spiro atoms. The van der Waals surface area contributed by atoms with Gasteiger partial charge in [0.1, 0.15) is 0 Å². The third-order valence-electron chi connectivity index (χ3n) is 3.95. The molecular weight excluding hydrogens is 346 g/mol. The van der Waals surface area contributed by atoms with Crippen molar-refractivity contribution < 1.29 is 30.4 Å². The van der Waals surface area contributed by atoms with Crippen LogP contribution in [0.15, 0.2) is 30.3 Å². The van der Waals surface area contributed by atoms with E-state index in [2.05, 4.69) is 10.6 Å². The second-order valence-corrected chi connectivity index (χ2v) is 5.71. The van der Waals surface area contributed by atoms with Gasteiger partial charge in [-0.3, -0.25) is 4.79 Å². The minimum absolute atomic E-state index is 0.0773. The highest BCUT2D eigenvalue weighted by atomic mass is 16.8. The van der Waals surface area contributed by atoms with E-state index in [9.17, 15) is 30.5 Å². The van der Waals surface area contributed by atoms with E-state index in [1.807, 2.05) is 6.92 Å². The second kappa shape index (κ2) is 6.76. The summed E-state index contributed by atoms with van der Waals surface area (Å²) in [5, 5.41) is 43.9. The molecule has 6 N–H and O–H groups in total. The number of nitrogens with zero attached hydrogens (tertiary/aromatic N) is 1. The maximum atomic E-state index is 12.7. The molecule has 2 aromatic rings. The molecule has 0 saturated heterocycles. The van der Waals surface area contributed by atoms with Gasteiger partial charge in [-0.15, -0.1) is 0 Å². The Kier molecular flexibility index (Phi) is 4.65. The van der Waals surface area contributed by atoms with Gasteiger partial charge in [0.05, 0.1) is 10.8 Å². The highest BCUT2D eigenvalue weighted by Crippen LogP contribution is 2.41. The van der Waals surface area contributed by atoms with E-state index in [1.165, 1.54) is 0 Å². The number of nitrogens with one attached hydrogen (secondary N) is 4. The van der Waals surface area contributed by atoms with Crippen LogP contribution < -0.4 is 21.1 Å². The highest BCUT2D eigenvalue weighted by molar-refractivity contribution is 6.12. The van der Waals surface area contributed by atoms with Gasteiger partial charge in [-0.1, -0.05) is 17.7 Å². The van der Waals surface area contributed by atoms with E-state index in [1.54, 1.807) is 24.3 Å². The number of anilines is 2. The summed E-state index contributed by atoms with van der Waals surface area (Å²) in [6.07, 6.45) is 0. The molecule has 0 bridgehead atoms. The Hall–Kier alpha value is -2.93. The zero-order valence-corrected chi connectivity index (χ0v) is 13.6. The molecule has 0 saturated carbocycles. The van der Waals surface area contributed by atoms with Gasteiger partial charge in [0.2, 0.25) is 5.69 Å². The van der Waals surface area contributed by atoms with Gasteiger partial charge >= 0.3 is 5.69 Å². The topological polar surface area (TPSA) is 157 Å². The quantitative estimate of drug-likeness (QED) is 0.326. The molecule has 2 atom stereocenters. The number of hydrogen-bond donors (Lipinski definition) is 6. The van der Waals surface area contributed by atoms with Gasteiger partial charge in [-0.2, -0.15) is 10.5 Å². The van der Waals surface area contributed by atoms with Gasteiger partial charge in [0, 0.05) is 10.6 Å². The summed E-state index contributed by atoms with van der Waals surface area (Å²) >= 11 is 0. The first kappa shape index (κ1) is 17.9. The number of amides is 1.